The fourth-order valence-electron chi connectivity index (χ4n) is 1.85. The van der Waals surface area contributed by atoms with Crippen LogP contribution in [0, 0.1) is 0 Å². The second-order valence-electron chi connectivity index (χ2n) is 4.29. The van der Waals surface area contributed by atoms with E-state index in [9.17, 15) is 0 Å². The first-order chi connectivity index (χ1) is 9.22. The number of nitrogens with zero attached hydrogens (tertiary/aromatic N) is 3. The fourth-order valence-corrected chi connectivity index (χ4v) is 2.01. The van der Waals surface area contributed by atoms with Gasteiger partial charge < -0.3 is 9.32 Å². The van der Waals surface area contributed by atoms with Gasteiger partial charge >= 0.3 is 0 Å². The van der Waals surface area contributed by atoms with Gasteiger partial charge in [0.15, 0.2) is 5.58 Å². The Morgan fingerprint density at radius 1 is 1.26 bits per heavy atom. The van der Waals surface area contributed by atoms with Gasteiger partial charge in [0.2, 0.25) is 0 Å². The molecule has 0 saturated carbocycles. The van der Waals surface area contributed by atoms with Gasteiger partial charge in [-0.2, -0.15) is 4.98 Å². The third-order valence-electron chi connectivity index (χ3n) is 2.79. The van der Waals surface area contributed by atoms with Crippen molar-refractivity contribution >= 4 is 28.7 Å². The zero-order valence-electron chi connectivity index (χ0n) is 10.4. The van der Waals surface area contributed by atoms with E-state index in [0.29, 0.717) is 23.2 Å². The first-order valence-corrected chi connectivity index (χ1v) is 6.27. The van der Waals surface area contributed by atoms with Gasteiger partial charge in [-0.15, -0.1) is 0 Å². The Morgan fingerprint density at radius 2 is 2.16 bits per heavy atom. The molecule has 3 aromatic rings. The molecule has 3 rings (SSSR count). The van der Waals surface area contributed by atoms with Crippen LogP contribution in [-0.4, -0.2) is 17.0 Å². The van der Waals surface area contributed by atoms with Gasteiger partial charge in [-0.05, 0) is 24.3 Å². The van der Waals surface area contributed by atoms with Gasteiger partial charge in [0.05, 0.1) is 12.2 Å². The molecule has 0 unspecified atom stereocenters. The largest absolute Gasteiger partial charge is 0.423 e. The predicted octanol–water partition coefficient (Wildman–Crippen LogP) is 3.51. The van der Waals surface area contributed by atoms with Crippen molar-refractivity contribution in [2.24, 2.45) is 0 Å². The van der Waals surface area contributed by atoms with Crippen LogP contribution in [0.1, 0.15) is 5.69 Å². The van der Waals surface area contributed by atoms with E-state index < -0.39 is 0 Å². The standard InChI is InChI=1S/C14H12ClN3O/c1-18(9-11-4-2-3-7-16-11)14-17-12-6-5-10(15)8-13(12)19-14/h2-8H,9H2,1H3. The van der Waals surface area contributed by atoms with Gasteiger partial charge in [0.25, 0.3) is 6.01 Å². The van der Waals surface area contributed by atoms with Gasteiger partial charge in [0, 0.05) is 24.3 Å². The quantitative estimate of drug-likeness (QED) is 0.732. The molecule has 0 atom stereocenters. The normalized spacial score (nSPS) is 10.8. The molecule has 0 radical (unpaired) electrons. The minimum atomic E-state index is 0.558. The molecule has 4 nitrogen and oxygen atoms in total. The molecule has 0 amide bonds. The highest BCUT2D eigenvalue weighted by Crippen LogP contribution is 2.24. The van der Waals surface area contributed by atoms with Crippen LogP contribution in [0.25, 0.3) is 11.1 Å². The molecule has 0 aliphatic rings. The zero-order valence-corrected chi connectivity index (χ0v) is 11.1. The summed E-state index contributed by atoms with van der Waals surface area (Å²) in [6.45, 7) is 0.640. The van der Waals surface area contributed by atoms with E-state index in [4.69, 9.17) is 16.0 Å². The van der Waals surface area contributed by atoms with Crippen LogP contribution < -0.4 is 4.90 Å². The predicted molar refractivity (Wildman–Crippen MR) is 75.4 cm³/mol. The van der Waals surface area contributed by atoms with Crippen molar-refractivity contribution < 1.29 is 4.42 Å². The Labute approximate surface area is 115 Å². The maximum absolute atomic E-state index is 5.93. The first-order valence-electron chi connectivity index (χ1n) is 5.89. The number of halogens is 1. The molecule has 0 spiro atoms. The maximum Gasteiger partial charge on any atom is 0.298 e. The Morgan fingerprint density at radius 3 is 2.95 bits per heavy atom. The number of hydrogen-bond acceptors (Lipinski definition) is 4. The van der Waals surface area contributed by atoms with Crippen molar-refractivity contribution in [2.75, 3.05) is 11.9 Å². The van der Waals surface area contributed by atoms with Crippen LogP contribution >= 0.6 is 11.6 Å². The van der Waals surface area contributed by atoms with E-state index in [0.717, 1.165) is 11.2 Å². The molecule has 0 aliphatic heterocycles. The summed E-state index contributed by atoms with van der Waals surface area (Å²) in [5.41, 5.74) is 2.45. The number of oxazole rings is 1. The van der Waals surface area contributed by atoms with Crippen LogP contribution in [0.2, 0.25) is 5.02 Å². The number of rotatable bonds is 3. The molecular weight excluding hydrogens is 262 g/mol. The summed E-state index contributed by atoms with van der Waals surface area (Å²) in [5.74, 6) is 0. The summed E-state index contributed by atoms with van der Waals surface area (Å²) in [7, 11) is 1.92. The molecule has 0 fully saturated rings. The number of aromatic nitrogens is 2. The van der Waals surface area contributed by atoms with Crippen LogP contribution in [0.4, 0.5) is 6.01 Å². The summed E-state index contributed by atoms with van der Waals surface area (Å²) >= 11 is 5.93. The van der Waals surface area contributed by atoms with E-state index in [-0.39, 0.29) is 0 Å². The second kappa shape index (κ2) is 4.90. The lowest BCUT2D eigenvalue weighted by Crippen LogP contribution is -2.17. The van der Waals surface area contributed by atoms with Crippen LogP contribution in [-0.2, 0) is 6.54 Å². The number of pyridine rings is 1. The summed E-state index contributed by atoms with van der Waals surface area (Å²) in [5, 5.41) is 0.641. The lowest BCUT2D eigenvalue weighted by Gasteiger charge is -2.13. The van der Waals surface area contributed by atoms with Crippen molar-refractivity contribution in [1.29, 1.82) is 0 Å². The highest BCUT2D eigenvalue weighted by atomic mass is 35.5. The maximum atomic E-state index is 5.93. The topological polar surface area (TPSA) is 42.2 Å². The summed E-state index contributed by atoms with van der Waals surface area (Å²) in [6, 6.07) is 11.8. The van der Waals surface area contributed by atoms with E-state index >= 15 is 0 Å². The van der Waals surface area contributed by atoms with Crippen molar-refractivity contribution in [3.63, 3.8) is 0 Å². The lowest BCUT2D eigenvalue weighted by atomic mass is 10.3. The summed E-state index contributed by atoms with van der Waals surface area (Å²) in [4.78, 5) is 10.6. The highest BCUT2D eigenvalue weighted by molar-refractivity contribution is 6.31. The molecule has 2 aromatic heterocycles. The molecule has 0 N–H and O–H groups in total. The third kappa shape index (κ3) is 2.53. The average Bonchev–Trinajstić information content (AvgIpc) is 2.83. The van der Waals surface area contributed by atoms with E-state index in [1.54, 1.807) is 18.3 Å². The lowest BCUT2D eigenvalue weighted by molar-refractivity contribution is 0.581. The van der Waals surface area contributed by atoms with Crippen LogP contribution in [0.15, 0.2) is 47.0 Å². The smallest absolute Gasteiger partial charge is 0.298 e. The molecule has 0 aliphatic carbocycles. The Bertz CT molecular complexity index is 696. The number of anilines is 1. The van der Waals surface area contributed by atoms with Gasteiger partial charge in [-0.25, -0.2) is 0 Å². The molecular formula is C14H12ClN3O. The van der Waals surface area contributed by atoms with E-state index in [1.807, 2.05) is 36.2 Å². The molecule has 19 heavy (non-hydrogen) atoms. The van der Waals surface area contributed by atoms with Crippen molar-refractivity contribution in [3.05, 3.63) is 53.3 Å². The van der Waals surface area contributed by atoms with Gasteiger partial charge in [-0.1, -0.05) is 17.7 Å². The van der Waals surface area contributed by atoms with Gasteiger partial charge in [-0.3, -0.25) is 4.98 Å². The number of hydrogen-bond donors (Lipinski definition) is 0. The molecule has 0 bridgehead atoms. The van der Waals surface area contributed by atoms with Crippen LogP contribution in [0.3, 0.4) is 0 Å². The number of benzene rings is 1. The Hall–Kier alpha value is -2.07. The van der Waals surface area contributed by atoms with Gasteiger partial charge in [0.1, 0.15) is 5.52 Å². The average molecular weight is 274 g/mol. The van der Waals surface area contributed by atoms with Crippen LogP contribution in [0.5, 0.6) is 0 Å². The van der Waals surface area contributed by atoms with Crippen molar-refractivity contribution in [1.82, 2.24) is 9.97 Å². The highest BCUT2D eigenvalue weighted by Gasteiger charge is 2.11. The number of fused-ring (bicyclic) bond motifs is 1. The summed E-state index contributed by atoms with van der Waals surface area (Å²) in [6.07, 6.45) is 1.77. The molecule has 1 aromatic carbocycles. The molecule has 96 valence electrons. The first kappa shape index (κ1) is 12.0. The Balaban J connectivity index is 1.87. The summed E-state index contributed by atoms with van der Waals surface area (Å²) < 4.78 is 5.69. The minimum absolute atomic E-state index is 0.558. The molecule has 0 saturated heterocycles. The van der Waals surface area contributed by atoms with Crippen molar-refractivity contribution in [2.45, 2.75) is 6.54 Å². The minimum Gasteiger partial charge on any atom is -0.423 e. The van der Waals surface area contributed by atoms with E-state index in [2.05, 4.69) is 9.97 Å². The zero-order chi connectivity index (χ0) is 13.2. The Kier molecular flexibility index (Phi) is 3.09. The monoisotopic (exact) mass is 273 g/mol. The van der Waals surface area contributed by atoms with Crippen molar-refractivity contribution in [3.8, 4) is 0 Å². The SMILES string of the molecule is CN(Cc1ccccn1)c1nc2ccc(Cl)cc2o1. The van der Waals surface area contributed by atoms with E-state index in [1.165, 1.54) is 0 Å². The third-order valence-corrected chi connectivity index (χ3v) is 3.03. The fraction of sp³-hybridized carbons (Fsp3) is 0.143. The molecule has 2 heterocycles. The second-order valence-corrected chi connectivity index (χ2v) is 4.72. The molecule has 5 heteroatoms.